The van der Waals surface area contributed by atoms with Crippen molar-refractivity contribution >= 4 is 23.4 Å². The van der Waals surface area contributed by atoms with Crippen LogP contribution < -0.4 is 10.1 Å². The fourth-order valence-electron chi connectivity index (χ4n) is 3.59. The fourth-order valence-corrected chi connectivity index (χ4v) is 3.78. The lowest BCUT2D eigenvalue weighted by Gasteiger charge is -2.31. The molecule has 0 bridgehead atoms. The second kappa shape index (κ2) is 12.1. The van der Waals surface area contributed by atoms with Gasteiger partial charge in [0.1, 0.15) is 11.8 Å². The summed E-state index contributed by atoms with van der Waals surface area (Å²) in [6, 6.07) is 23.8. The first-order valence-electron chi connectivity index (χ1n) is 11.0. The van der Waals surface area contributed by atoms with Gasteiger partial charge in [0.15, 0.2) is 6.61 Å². The summed E-state index contributed by atoms with van der Waals surface area (Å²) < 4.78 is 5.78. The molecular weight excluding hydrogens is 436 g/mol. The van der Waals surface area contributed by atoms with Crippen LogP contribution in [0.4, 0.5) is 0 Å². The highest BCUT2D eigenvalue weighted by atomic mass is 35.5. The van der Waals surface area contributed by atoms with E-state index in [0.29, 0.717) is 23.7 Å². The van der Waals surface area contributed by atoms with Crippen molar-refractivity contribution in [2.45, 2.75) is 32.9 Å². The number of nitrogens with zero attached hydrogens (tertiary/aromatic N) is 1. The predicted molar refractivity (Wildman–Crippen MR) is 131 cm³/mol. The van der Waals surface area contributed by atoms with Gasteiger partial charge in [0.2, 0.25) is 5.91 Å². The van der Waals surface area contributed by atoms with E-state index in [1.54, 1.807) is 11.0 Å². The Morgan fingerprint density at radius 3 is 2.42 bits per heavy atom. The first kappa shape index (κ1) is 24.3. The van der Waals surface area contributed by atoms with E-state index < -0.39 is 6.04 Å². The first-order valence-corrected chi connectivity index (χ1v) is 11.4. The largest absolute Gasteiger partial charge is 0.484 e. The van der Waals surface area contributed by atoms with Crippen LogP contribution in [0.5, 0.6) is 5.75 Å². The maximum Gasteiger partial charge on any atom is 0.261 e. The maximum absolute atomic E-state index is 13.4. The number of nitrogens with one attached hydrogen (secondary N) is 1. The fraction of sp³-hybridized carbons (Fsp3) is 0.259. The van der Waals surface area contributed by atoms with Gasteiger partial charge < -0.3 is 15.0 Å². The van der Waals surface area contributed by atoms with E-state index in [0.717, 1.165) is 16.7 Å². The molecule has 0 fully saturated rings. The average Bonchev–Trinajstić information content (AvgIpc) is 2.82. The summed E-state index contributed by atoms with van der Waals surface area (Å²) in [6.45, 7) is 4.31. The van der Waals surface area contributed by atoms with Crippen molar-refractivity contribution in [3.8, 4) is 5.75 Å². The van der Waals surface area contributed by atoms with Crippen LogP contribution in [0.1, 0.15) is 23.6 Å². The molecular formula is C27H29ClN2O3. The number of benzene rings is 3. The van der Waals surface area contributed by atoms with Gasteiger partial charge in [0.25, 0.3) is 5.91 Å². The van der Waals surface area contributed by atoms with Gasteiger partial charge in [-0.15, -0.1) is 0 Å². The topological polar surface area (TPSA) is 58.6 Å². The van der Waals surface area contributed by atoms with Gasteiger partial charge in [-0.1, -0.05) is 72.3 Å². The van der Waals surface area contributed by atoms with Crippen LogP contribution in [0.25, 0.3) is 0 Å². The van der Waals surface area contributed by atoms with Gasteiger partial charge in [-0.3, -0.25) is 9.59 Å². The molecule has 0 aromatic heterocycles. The molecule has 172 valence electrons. The highest BCUT2D eigenvalue weighted by Crippen LogP contribution is 2.21. The van der Waals surface area contributed by atoms with Crippen LogP contribution >= 0.6 is 11.6 Å². The average molecular weight is 465 g/mol. The summed E-state index contributed by atoms with van der Waals surface area (Å²) in [4.78, 5) is 28.1. The van der Waals surface area contributed by atoms with Crippen LogP contribution in [0.2, 0.25) is 5.02 Å². The molecule has 0 saturated heterocycles. The SMILES string of the molecule is CCNC(=O)[C@@H](Cc1ccccc1)N(Cc1ccccc1Cl)C(=O)COc1cccc(C)c1. The highest BCUT2D eigenvalue weighted by Gasteiger charge is 2.30. The lowest BCUT2D eigenvalue weighted by atomic mass is 10.0. The molecule has 0 heterocycles. The molecule has 0 radical (unpaired) electrons. The summed E-state index contributed by atoms with van der Waals surface area (Å²) in [6.07, 6.45) is 0.382. The van der Waals surface area contributed by atoms with E-state index in [2.05, 4.69) is 5.32 Å². The second-order valence-corrected chi connectivity index (χ2v) is 8.23. The van der Waals surface area contributed by atoms with E-state index in [9.17, 15) is 9.59 Å². The number of halogens is 1. The number of amides is 2. The molecule has 0 spiro atoms. The molecule has 2 amide bonds. The van der Waals surface area contributed by atoms with Crippen molar-refractivity contribution in [2.24, 2.45) is 0 Å². The van der Waals surface area contributed by atoms with Crippen LogP contribution in [0.15, 0.2) is 78.9 Å². The summed E-state index contributed by atoms with van der Waals surface area (Å²) in [5.74, 6) is 0.111. The summed E-state index contributed by atoms with van der Waals surface area (Å²) in [5, 5.41) is 3.42. The van der Waals surface area contributed by atoms with Crippen molar-refractivity contribution in [2.75, 3.05) is 13.2 Å². The molecule has 3 aromatic rings. The first-order chi connectivity index (χ1) is 16.0. The second-order valence-electron chi connectivity index (χ2n) is 7.82. The molecule has 6 heteroatoms. The number of rotatable bonds is 10. The zero-order valence-electron chi connectivity index (χ0n) is 19.0. The van der Waals surface area contributed by atoms with Crippen molar-refractivity contribution in [3.63, 3.8) is 0 Å². The molecule has 3 rings (SSSR count). The van der Waals surface area contributed by atoms with Gasteiger partial charge in [-0.05, 0) is 48.7 Å². The van der Waals surface area contributed by atoms with Gasteiger partial charge in [0.05, 0.1) is 0 Å². The number of aryl methyl sites for hydroxylation is 1. The van der Waals surface area contributed by atoms with Crippen LogP contribution in [-0.4, -0.2) is 35.9 Å². The summed E-state index contributed by atoms with van der Waals surface area (Å²) in [7, 11) is 0. The van der Waals surface area contributed by atoms with Crippen LogP contribution in [0, 0.1) is 6.92 Å². The third-order valence-corrected chi connectivity index (χ3v) is 5.64. The Balaban J connectivity index is 1.90. The number of carbonyl (C=O) groups is 2. The molecule has 1 N–H and O–H groups in total. The van der Waals surface area contributed by atoms with E-state index in [1.807, 2.05) is 86.6 Å². The smallest absolute Gasteiger partial charge is 0.261 e. The van der Waals surface area contributed by atoms with E-state index in [-0.39, 0.29) is 25.0 Å². The Bertz CT molecular complexity index is 1070. The molecule has 1 atom stereocenters. The maximum atomic E-state index is 13.4. The van der Waals surface area contributed by atoms with Crippen molar-refractivity contribution in [1.82, 2.24) is 10.2 Å². The van der Waals surface area contributed by atoms with E-state index >= 15 is 0 Å². The molecule has 5 nitrogen and oxygen atoms in total. The van der Waals surface area contributed by atoms with Crippen molar-refractivity contribution in [1.29, 1.82) is 0 Å². The monoisotopic (exact) mass is 464 g/mol. The van der Waals surface area contributed by atoms with Gasteiger partial charge in [-0.2, -0.15) is 0 Å². The minimum atomic E-state index is -0.711. The zero-order valence-corrected chi connectivity index (χ0v) is 19.7. The van der Waals surface area contributed by atoms with E-state index in [1.165, 1.54) is 0 Å². The lowest BCUT2D eigenvalue weighted by molar-refractivity contribution is -0.142. The highest BCUT2D eigenvalue weighted by molar-refractivity contribution is 6.31. The summed E-state index contributed by atoms with van der Waals surface area (Å²) >= 11 is 6.40. The van der Waals surface area contributed by atoms with Gasteiger partial charge in [-0.25, -0.2) is 0 Å². The Labute approximate surface area is 200 Å². The lowest BCUT2D eigenvalue weighted by Crippen LogP contribution is -2.51. The van der Waals surface area contributed by atoms with Crippen molar-refractivity contribution < 1.29 is 14.3 Å². The number of ether oxygens (including phenoxy) is 1. The minimum absolute atomic E-state index is 0.182. The normalized spacial score (nSPS) is 11.5. The van der Waals surface area contributed by atoms with E-state index in [4.69, 9.17) is 16.3 Å². The van der Waals surface area contributed by atoms with Crippen molar-refractivity contribution in [3.05, 3.63) is 101 Å². The Kier molecular flexibility index (Phi) is 8.90. The third-order valence-electron chi connectivity index (χ3n) is 5.27. The Morgan fingerprint density at radius 1 is 1.00 bits per heavy atom. The number of hydrogen-bond acceptors (Lipinski definition) is 3. The number of hydrogen-bond donors (Lipinski definition) is 1. The molecule has 3 aromatic carbocycles. The van der Waals surface area contributed by atoms with Crippen LogP contribution in [0.3, 0.4) is 0 Å². The van der Waals surface area contributed by atoms with Gasteiger partial charge in [0, 0.05) is 24.5 Å². The molecule has 0 aliphatic heterocycles. The van der Waals surface area contributed by atoms with Gasteiger partial charge >= 0.3 is 0 Å². The number of carbonyl (C=O) groups excluding carboxylic acids is 2. The Morgan fingerprint density at radius 2 is 1.73 bits per heavy atom. The molecule has 0 unspecified atom stereocenters. The molecule has 0 saturated carbocycles. The summed E-state index contributed by atoms with van der Waals surface area (Å²) in [5.41, 5.74) is 2.77. The molecule has 0 aliphatic rings. The van der Waals surface area contributed by atoms with Crippen LogP contribution in [-0.2, 0) is 22.6 Å². The third kappa shape index (κ3) is 7.09. The molecule has 0 aliphatic carbocycles. The standard InChI is InChI=1S/C27H29ClN2O3/c1-3-29-27(32)25(17-21-11-5-4-6-12-21)30(18-22-13-7-8-15-24(22)28)26(31)19-33-23-14-9-10-20(2)16-23/h4-16,25H,3,17-19H2,1-2H3,(H,29,32)/t25-/m1/s1. The Hall–Kier alpha value is -3.31. The predicted octanol–water partition coefficient (Wildman–Crippen LogP) is 4.80. The zero-order chi connectivity index (χ0) is 23.6. The molecule has 33 heavy (non-hydrogen) atoms. The minimum Gasteiger partial charge on any atom is -0.484 e. The number of likely N-dealkylation sites (N-methyl/N-ethyl adjacent to an activating group) is 1. The quantitative estimate of drug-likeness (QED) is 0.468.